The lowest BCUT2D eigenvalue weighted by molar-refractivity contribution is -0.136. The molecule has 2 aliphatic rings. The smallest absolute Gasteiger partial charge is 0.305 e. The maximum Gasteiger partial charge on any atom is 0.305 e. The third-order valence-corrected chi connectivity index (χ3v) is 6.24. The maximum absolute atomic E-state index is 13.5. The number of aromatic nitrogens is 1. The average Bonchev–Trinajstić information content (AvgIpc) is 3.16. The first-order chi connectivity index (χ1) is 14.9. The van der Waals surface area contributed by atoms with Crippen LogP contribution in [0.25, 0.3) is 22.2 Å². The molecule has 0 amide bonds. The highest BCUT2D eigenvalue weighted by molar-refractivity contribution is 6.28. The fourth-order valence-corrected chi connectivity index (χ4v) is 5.09. The Labute approximate surface area is 180 Å². The lowest BCUT2D eigenvalue weighted by Crippen LogP contribution is -2.39. The van der Waals surface area contributed by atoms with Crippen molar-refractivity contribution in [3.8, 4) is 11.3 Å². The Bertz CT molecular complexity index is 1190. The minimum Gasteiger partial charge on any atom is -0.481 e. The number of rotatable bonds is 5. The van der Waals surface area contributed by atoms with Crippen molar-refractivity contribution in [2.24, 2.45) is 11.8 Å². The quantitative estimate of drug-likeness (QED) is 0.495. The summed E-state index contributed by atoms with van der Waals surface area (Å²) in [6.07, 6.45) is 1.14. The lowest BCUT2D eigenvalue weighted by Gasteiger charge is -2.37. The van der Waals surface area contributed by atoms with Crippen LogP contribution >= 0.6 is 0 Å². The van der Waals surface area contributed by atoms with E-state index in [9.17, 15) is 9.59 Å². The summed E-state index contributed by atoms with van der Waals surface area (Å²) in [5.74, 6) is 0.707. The van der Waals surface area contributed by atoms with E-state index in [1.165, 1.54) is 6.42 Å². The predicted molar refractivity (Wildman–Crippen MR) is 119 cm³/mol. The molecular formula is C24H25N3O4. The molecule has 1 aliphatic carbocycles. The number of nitrogens with zero attached hydrogens (tertiary/aromatic N) is 2. The van der Waals surface area contributed by atoms with Crippen molar-refractivity contribution in [3.63, 3.8) is 0 Å². The van der Waals surface area contributed by atoms with Gasteiger partial charge in [0.25, 0.3) is 0 Å². The number of nitrogens with one attached hydrogen (secondary N) is 1. The number of ketones is 1. The molecule has 5 rings (SSSR count). The average molecular weight is 419 g/mol. The topological polar surface area (TPSA) is 95.7 Å². The molecule has 160 valence electrons. The van der Waals surface area contributed by atoms with Gasteiger partial charge in [-0.15, -0.1) is 0 Å². The zero-order valence-corrected chi connectivity index (χ0v) is 17.6. The zero-order chi connectivity index (χ0) is 21.7. The molecule has 31 heavy (non-hydrogen) atoms. The van der Waals surface area contributed by atoms with Gasteiger partial charge in [0, 0.05) is 36.4 Å². The second-order valence-corrected chi connectivity index (χ2v) is 8.85. The van der Waals surface area contributed by atoms with E-state index in [0.29, 0.717) is 45.3 Å². The number of carbonyl (C=O) groups is 2. The highest BCUT2D eigenvalue weighted by atomic mass is 16.5. The van der Waals surface area contributed by atoms with Crippen molar-refractivity contribution in [2.75, 3.05) is 29.9 Å². The summed E-state index contributed by atoms with van der Waals surface area (Å²) < 4.78 is 5.80. The molecule has 2 N–H and O–H groups in total. The molecule has 2 atom stereocenters. The Balaban J connectivity index is 1.71. The van der Waals surface area contributed by atoms with E-state index in [0.717, 1.165) is 24.3 Å². The van der Waals surface area contributed by atoms with E-state index in [1.807, 2.05) is 24.3 Å². The first-order valence-corrected chi connectivity index (χ1v) is 10.7. The Kier molecular flexibility index (Phi) is 4.68. The van der Waals surface area contributed by atoms with Gasteiger partial charge >= 0.3 is 5.97 Å². The van der Waals surface area contributed by atoms with E-state index in [1.54, 1.807) is 6.07 Å². The van der Waals surface area contributed by atoms with E-state index >= 15 is 0 Å². The third kappa shape index (κ3) is 3.24. The molecule has 2 unspecified atom stereocenters. The highest BCUT2D eigenvalue weighted by Gasteiger charge is 2.34. The molecule has 2 aromatic carbocycles. The van der Waals surface area contributed by atoms with Crippen LogP contribution in [0.15, 0.2) is 34.9 Å². The van der Waals surface area contributed by atoms with Crippen LogP contribution in [-0.2, 0) is 4.79 Å². The molecule has 1 aliphatic heterocycles. The Morgan fingerprint density at radius 3 is 2.65 bits per heavy atom. The van der Waals surface area contributed by atoms with Gasteiger partial charge < -0.3 is 19.8 Å². The van der Waals surface area contributed by atoms with Crippen molar-refractivity contribution >= 4 is 34.0 Å². The summed E-state index contributed by atoms with van der Waals surface area (Å²) in [5.41, 5.74) is 4.09. The van der Waals surface area contributed by atoms with E-state index in [2.05, 4.69) is 29.2 Å². The number of anilines is 2. The van der Waals surface area contributed by atoms with Crippen molar-refractivity contribution in [2.45, 2.75) is 26.7 Å². The van der Waals surface area contributed by atoms with Crippen LogP contribution in [0.3, 0.4) is 0 Å². The molecule has 1 saturated heterocycles. The van der Waals surface area contributed by atoms with Gasteiger partial charge in [0.2, 0.25) is 0 Å². The summed E-state index contributed by atoms with van der Waals surface area (Å²) >= 11 is 0. The Morgan fingerprint density at radius 2 is 1.94 bits per heavy atom. The molecule has 7 heteroatoms. The van der Waals surface area contributed by atoms with Gasteiger partial charge in [-0.05, 0) is 24.3 Å². The minimum absolute atomic E-state index is 0.0358. The highest BCUT2D eigenvalue weighted by Crippen LogP contribution is 2.46. The summed E-state index contributed by atoms with van der Waals surface area (Å²) in [7, 11) is 0. The van der Waals surface area contributed by atoms with Crippen LogP contribution in [0.1, 0.15) is 42.6 Å². The van der Waals surface area contributed by atoms with Gasteiger partial charge in [0.1, 0.15) is 5.52 Å². The van der Waals surface area contributed by atoms with Crippen molar-refractivity contribution in [3.05, 3.63) is 41.5 Å². The van der Waals surface area contributed by atoms with E-state index < -0.39 is 5.97 Å². The van der Waals surface area contributed by atoms with Crippen LogP contribution < -0.4 is 10.2 Å². The molecule has 0 spiro atoms. The number of carboxylic acid groups (broad SMARTS) is 1. The molecule has 1 aromatic heterocycles. The zero-order valence-electron chi connectivity index (χ0n) is 17.6. The second-order valence-electron chi connectivity index (χ2n) is 8.85. The first-order valence-electron chi connectivity index (χ1n) is 10.7. The maximum atomic E-state index is 13.5. The Morgan fingerprint density at radius 1 is 1.23 bits per heavy atom. The number of hydrogen-bond donors (Lipinski definition) is 2. The van der Waals surface area contributed by atoms with Crippen molar-refractivity contribution in [1.29, 1.82) is 0 Å². The summed E-state index contributed by atoms with van der Waals surface area (Å²) in [4.78, 5) is 26.8. The first kappa shape index (κ1) is 19.6. The summed E-state index contributed by atoms with van der Waals surface area (Å²) in [6.45, 7) is 6.53. The summed E-state index contributed by atoms with van der Waals surface area (Å²) in [5, 5.41) is 17.4. The number of benzene rings is 2. The normalized spacial score (nSPS) is 20.1. The standard InChI is InChI=1S/C24H25N3O4/c1-13-9-14(2)12-27(11-13)18-10-17(25-8-7-19(28)29)20-21-22(18)26-31-24(21)16-6-4-3-5-15(16)23(20)30/h3-6,10,13-14,25H,7-9,11-12H2,1-2H3,(H,28,29). The van der Waals surface area contributed by atoms with Crippen LogP contribution in [0, 0.1) is 11.8 Å². The number of aliphatic carboxylic acids is 1. The monoisotopic (exact) mass is 419 g/mol. The van der Waals surface area contributed by atoms with E-state index in [-0.39, 0.29) is 18.7 Å². The number of piperidine rings is 1. The van der Waals surface area contributed by atoms with Crippen molar-refractivity contribution < 1.29 is 19.2 Å². The van der Waals surface area contributed by atoms with Crippen molar-refractivity contribution in [1.82, 2.24) is 5.16 Å². The molecule has 2 heterocycles. The van der Waals surface area contributed by atoms with Gasteiger partial charge in [0.15, 0.2) is 11.5 Å². The molecule has 0 bridgehead atoms. The fourth-order valence-electron chi connectivity index (χ4n) is 5.09. The second kappa shape index (κ2) is 7.41. The Hall–Kier alpha value is -3.35. The molecular weight excluding hydrogens is 394 g/mol. The molecule has 1 fully saturated rings. The van der Waals surface area contributed by atoms with Crippen LogP contribution in [0.2, 0.25) is 0 Å². The number of fused-ring (bicyclic) bond motifs is 2. The molecule has 3 aromatic rings. The van der Waals surface area contributed by atoms with E-state index in [4.69, 9.17) is 9.63 Å². The SMILES string of the molecule is CC1CC(C)CN(c2cc(NCCC(=O)O)c3c4c(onc24)-c2ccccc2C3=O)C1. The van der Waals surface area contributed by atoms with Gasteiger partial charge in [-0.3, -0.25) is 9.59 Å². The molecule has 7 nitrogen and oxygen atoms in total. The number of carboxylic acids is 1. The van der Waals surface area contributed by atoms with Crippen LogP contribution in [0.4, 0.5) is 11.4 Å². The molecule has 0 saturated carbocycles. The fraction of sp³-hybridized carbons (Fsp3) is 0.375. The minimum atomic E-state index is -0.886. The number of carbonyl (C=O) groups excluding carboxylic acids is 1. The molecule has 0 radical (unpaired) electrons. The van der Waals surface area contributed by atoms with Gasteiger partial charge in [0.05, 0.1) is 23.1 Å². The number of hydrogen-bond acceptors (Lipinski definition) is 6. The van der Waals surface area contributed by atoms with Gasteiger partial charge in [-0.25, -0.2) is 0 Å². The predicted octanol–water partition coefficient (Wildman–Crippen LogP) is 4.41. The lowest BCUT2D eigenvalue weighted by atomic mass is 9.85. The van der Waals surface area contributed by atoms with Crippen LogP contribution in [-0.4, -0.2) is 41.7 Å². The largest absolute Gasteiger partial charge is 0.481 e. The van der Waals surface area contributed by atoms with Crippen LogP contribution in [0.5, 0.6) is 0 Å². The van der Waals surface area contributed by atoms with Gasteiger partial charge in [-0.2, -0.15) is 0 Å². The summed E-state index contributed by atoms with van der Waals surface area (Å²) in [6, 6.07) is 9.33. The third-order valence-electron chi connectivity index (χ3n) is 6.24. The van der Waals surface area contributed by atoms with Gasteiger partial charge in [-0.1, -0.05) is 43.3 Å².